The Morgan fingerprint density at radius 3 is 2.71 bits per heavy atom. The number of tetrazole rings is 1. The molecule has 1 aromatic carbocycles. The third kappa shape index (κ3) is 5.45. The summed E-state index contributed by atoms with van der Waals surface area (Å²) in [4.78, 5) is 30.9. The van der Waals surface area contributed by atoms with Gasteiger partial charge in [-0.2, -0.15) is 0 Å². The van der Waals surface area contributed by atoms with E-state index in [0.717, 1.165) is 59.7 Å². The molecule has 0 radical (unpaired) electrons. The third-order valence-corrected chi connectivity index (χ3v) is 7.25. The van der Waals surface area contributed by atoms with E-state index in [2.05, 4.69) is 51.4 Å². The number of nitrogens with zero attached hydrogens (tertiary/aromatic N) is 5. The Kier molecular flexibility index (Phi) is 7.95. The van der Waals surface area contributed by atoms with E-state index in [4.69, 9.17) is 4.74 Å². The predicted octanol–water partition coefficient (Wildman–Crippen LogP) is 3.98. The van der Waals surface area contributed by atoms with Crippen molar-refractivity contribution in [2.75, 3.05) is 6.61 Å². The number of carbonyl (C=O) groups is 1. The van der Waals surface area contributed by atoms with Gasteiger partial charge in [0.1, 0.15) is 6.54 Å². The highest BCUT2D eigenvalue weighted by Crippen LogP contribution is 2.33. The number of aromatic nitrogens is 5. The van der Waals surface area contributed by atoms with Crippen molar-refractivity contribution in [3.63, 3.8) is 0 Å². The van der Waals surface area contributed by atoms with E-state index in [1.165, 1.54) is 6.42 Å². The number of pyridine rings is 1. The van der Waals surface area contributed by atoms with Crippen LogP contribution in [0.4, 0.5) is 0 Å². The van der Waals surface area contributed by atoms with Crippen molar-refractivity contribution in [2.45, 2.75) is 91.4 Å². The zero-order chi connectivity index (χ0) is 24.9. The van der Waals surface area contributed by atoms with Crippen molar-refractivity contribution < 1.29 is 9.53 Å². The van der Waals surface area contributed by atoms with Crippen molar-refractivity contribution in [1.29, 1.82) is 0 Å². The van der Waals surface area contributed by atoms with Crippen LogP contribution in [-0.4, -0.2) is 48.7 Å². The normalized spacial score (nSPS) is 15.6. The predicted molar refractivity (Wildman–Crippen MR) is 134 cm³/mol. The molecule has 9 nitrogen and oxygen atoms in total. The Morgan fingerprint density at radius 2 is 2.00 bits per heavy atom. The molecule has 1 aliphatic rings. The van der Waals surface area contributed by atoms with Crippen LogP contribution in [0.5, 0.6) is 0 Å². The number of aryl methyl sites for hydroxylation is 2. The summed E-state index contributed by atoms with van der Waals surface area (Å²) < 4.78 is 6.66. The molecule has 3 aromatic rings. The van der Waals surface area contributed by atoms with Gasteiger partial charge < -0.3 is 9.72 Å². The minimum absolute atomic E-state index is 0.0274. The molecule has 0 bridgehead atoms. The molecule has 188 valence electrons. The molecular formula is C26H36N6O3. The van der Waals surface area contributed by atoms with E-state index in [1.807, 2.05) is 13.0 Å². The Hall–Kier alpha value is -3.07. The van der Waals surface area contributed by atoms with Crippen molar-refractivity contribution in [3.8, 4) is 0 Å². The Labute approximate surface area is 205 Å². The number of nitrogens with one attached hydrogen (secondary N) is 1. The number of hydrogen-bond donors (Lipinski definition) is 1. The van der Waals surface area contributed by atoms with E-state index in [0.29, 0.717) is 25.0 Å². The van der Waals surface area contributed by atoms with Crippen LogP contribution in [0.25, 0.3) is 10.9 Å². The molecule has 1 aliphatic carbocycles. The van der Waals surface area contributed by atoms with Gasteiger partial charge in [-0.05, 0) is 73.0 Å². The fourth-order valence-corrected chi connectivity index (χ4v) is 5.25. The topological polar surface area (TPSA) is 106 Å². The minimum atomic E-state index is -0.364. The molecule has 35 heavy (non-hydrogen) atoms. The van der Waals surface area contributed by atoms with E-state index in [-0.39, 0.29) is 24.1 Å². The van der Waals surface area contributed by atoms with Crippen LogP contribution in [-0.2, 0) is 22.6 Å². The maximum Gasteiger partial charge on any atom is 0.327 e. The second-order valence-corrected chi connectivity index (χ2v) is 9.48. The monoisotopic (exact) mass is 480 g/mol. The van der Waals surface area contributed by atoms with Gasteiger partial charge >= 0.3 is 5.97 Å². The van der Waals surface area contributed by atoms with E-state index in [9.17, 15) is 9.59 Å². The molecular weight excluding hydrogens is 444 g/mol. The number of carbonyl (C=O) groups excluding carboxylic acids is 1. The molecule has 0 aliphatic heterocycles. The third-order valence-electron chi connectivity index (χ3n) is 7.25. The molecule has 4 rings (SSSR count). The van der Waals surface area contributed by atoms with Gasteiger partial charge in [-0.1, -0.05) is 38.3 Å². The second-order valence-electron chi connectivity index (χ2n) is 9.48. The van der Waals surface area contributed by atoms with Crippen LogP contribution in [0, 0.1) is 13.8 Å². The number of benzene rings is 1. The smallest absolute Gasteiger partial charge is 0.327 e. The van der Waals surface area contributed by atoms with Gasteiger partial charge in [0, 0.05) is 18.2 Å². The molecule has 0 saturated heterocycles. The molecule has 1 N–H and O–H groups in total. The molecule has 2 heterocycles. The number of rotatable bonds is 9. The van der Waals surface area contributed by atoms with Crippen LogP contribution in [0.3, 0.4) is 0 Å². The van der Waals surface area contributed by atoms with Gasteiger partial charge in [-0.15, -0.1) is 5.10 Å². The summed E-state index contributed by atoms with van der Waals surface area (Å²) in [6, 6.07) is 6.37. The highest BCUT2D eigenvalue weighted by Gasteiger charge is 2.32. The Morgan fingerprint density at radius 1 is 1.23 bits per heavy atom. The summed E-state index contributed by atoms with van der Waals surface area (Å²) in [5, 5.41) is 13.3. The SMILES string of the molecule is CCOC(=O)Cn1nnnc1C(CC)N(Cc1cc2ccc(C)c(C)c2[nH]c1=O)C1CCCCC1. The lowest BCUT2D eigenvalue weighted by Gasteiger charge is -2.39. The summed E-state index contributed by atoms with van der Waals surface area (Å²) in [6.07, 6.45) is 6.45. The fourth-order valence-electron chi connectivity index (χ4n) is 5.25. The zero-order valence-corrected chi connectivity index (χ0v) is 21.2. The summed E-state index contributed by atoms with van der Waals surface area (Å²) in [5.41, 5.74) is 3.82. The van der Waals surface area contributed by atoms with Gasteiger partial charge in [-0.3, -0.25) is 14.5 Å². The van der Waals surface area contributed by atoms with Crippen LogP contribution in [0.2, 0.25) is 0 Å². The summed E-state index contributed by atoms with van der Waals surface area (Å²) in [6.45, 7) is 8.75. The van der Waals surface area contributed by atoms with E-state index < -0.39 is 0 Å². The van der Waals surface area contributed by atoms with Crippen LogP contribution in [0.15, 0.2) is 23.0 Å². The number of aromatic amines is 1. The first-order valence-corrected chi connectivity index (χ1v) is 12.7. The van der Waals surface area contributed by atoms with Gasteiger partial charge in [0.05, 0.1) is 18.2 Å². The zero-order valence-electron chi connectivity index (χ0n) is 21.2. The van der Waals surface area contributed by atoms with Crippen LogP contribution >= 0.6 is 0 Å². The Bertz CT molecular complexity index is 1230. The average Bonchev–Trinajstić information content (AvgIpc) is 3.30. The lowest BCUT2D eigenvalue weighted by molar-refractivity contribution is -0.144. The lowest BCUT2D eigenvalue weighted by Crippen LogP contribution is -2.41. The number of esters is 1. The molecule has 2 aromatic heterocycles. The van der Waals surface area contributed by atoms with Crippen molar-refractivity contribution in [1.82, 2.24) is 30.1 Å². The first kappa shape index (κ1) is 25.0. The summed E-state index contributed by atoms with van der Waals surface area (Å²) in [5.74, 6) is 0.270. The molecule has 1 fully saturated rings. The largest absolute Gasteiger partial charge is 0.465 e. The number of hydrogen-bond acceptors (Lipinski definition) is 7. The van der Waals surface area contributed by atoms with Gasteiger partial charge in [0.15, 0.2) is 5.82 Å². The molecule has 1 atom stereocenters. The van der Waals surface area contributed by atoms with Gasteiger partial charge in [0.25, 0.3) is 5.56 Å². The Balaban J connectivity index is 1.71. The van der Waals surface area contributed by atoms with Crippen molar-refractivity contribution >= 4 is 16.9 Å². The minimum Gasteiger partial charge on any atom is -0.465 e. The molecule has 0 spiro atoms. The number of H-pyrrole nitrogens is 1. The first-order valence-electron chi connectivity index (χ1n) is 12.7. The maximum absolute atomic E-state index is 13.2. The fraction of sp³-hybridized carbons (Fsp3) is 0.577. The van der Waals surface area contributed by atoms with Crippen molar-refractivity contribution in [2.24, 2.45) is 0 Å². The molecule has 1 saturated carbocycles. The van der Waals surface area contributed by atoms with E-state index >= 15 is 0 Å². The van der Waals surface area contributed by atoms with E-state index in [1.54, 1.807) is 11.6 Å². The average molecular weight is 481 g/mol. The number of ether oxygens (including phenoxy) is 1. The van der Waals surface area contributed by atoms with Gasteiger partial charge in [-0.25, -0.2) is 4.68 Å². The number of fused-ring (bicyclic) bond motifs is 1. The maximum atomic E-state index is 13.2. The lowest BCUT2D eigenvalue weighted by atomic mass is 9.92. The summed E-state index contributed by atoms with van der Waals surface area (Å²) in [7, 11) is 0. The quantitative estimate of drug-likeness (QED) is 0.462. The highest BCUT2D eigenvalue weighted by atomic mass is 16.5. The highest BCUT2D eigenvalue weighted by molar-refractivity contribution is 5.83. The summed E-state index contributed by atoms with van der Waals surface area (Å²) >= 11 is 0. The van der Waals surface area contributed by atoms with Crippen LogP contribution in [0.1, 0.15) is 80.9 Å². The van der Waals surface area contributed by atoms with Crippen LogP contribution < -0.4 is 5.56 Å². The molecule has 0 amide bonds. The van der Waals surface area contributed by atoms with Gasteiger partial charge in [0.2, 0.25) is 0 Å². The van der Waals surface area contributed by atoms with Crippen molar-refractivity contribution in [3.05, 3.63) is 51.1 Å². The molecule has 1 unspecified atom stereocenters. The standard InChI is InChI=1S/C26H36N6O3/c1-5-22(25-28-29-30-32(25)16-23(33)35-6-2)31(21-10-8-7-9-11-21)15-20-14-19-13-12-17(3)18(4)24(19)27-26(20)34/h12-14,21-22H,5-11,15-16H2,1-4H3,(H,27,34). The second kappa shape index (κ2) is 11.1. The first-order chi connectivity index (χ1) is 16.9. The molecule has 9 heteroatoms.